The van der Waals surface area contributed by atoms with E-state index >= 15 is 0 Å². The number of ether oxygens (including phenoxy) is 1. The third kappa shape index (κ3) is 6.15. The highest BCUT2D eigenvalue weighted by molar-refractivity contribution is 7.92. The van der Waals surface area contributed by atoms with Crippen molar-refractivity contribution < 1.29 is 17.9 Å². The van der Waals surface area contributed by atoms with E-state index in [-0.39, 0.29) is 29.9 Å². The van der Waals surface area contributed by atoms with E-state index in [1.807, 2.05) is 31.2 Å². The quantitative estimate of drug-likeness (QED) is 0.725. The molecule has 0 aliphatic rings. The van der Waals surface area contributed by atoms with Gasteiger partial charge in [0, 0.05) is 0 Å². The van der Waals surface area contributed by atoms with Gasteiger partial charge in [-0.3, -0.25) is 9.10 Å². The number of carbonyl (C=O) groups is 1. The van der Waals surface area contributed by atoms with E-state index in [1.54, 1.807) is 31.2 Å². The van der Waals surface area contributed by atoms with Gasteiger partial charge in [-0.05, 0) is 37.6 Å². The molecule has 0 saturated carbocycles. The van der Waals surface area contributed by atoms with E-state index in [0.29, 0.717) is 0 Å². The highest BCUT2D eigenvalue weighted by atomic mass is 35.5. The van der Waals surface area contributed by atoms with Crippen molar-refractivity contribution in [1.29, 1.82) is 0 Å². The molecule has 2 rings (SSSR count). The average molecular weight is 411 g/mol. The van der Waals surface area contributed by atoms with Crippen LogP contribution < -0.4 is 14.4 Å². The first-order valence-electron chi connectivity index (χ1n) is 8.38. The minimum atomic E-state index is -3.68. The monoisotopic (exact) mass is 410 g/mol. The molecule has 0 spiro atoms. The van der Waals surface area contributed by atoms with Gasteiger partial charge in [-0.2, -0.15) is 0 Å². The second-order valence-corrected chi connectivity index (χ2v) is 8.58. The van der Waals surface area contributed by atoms with Crippen LogP contribution in [0.5, 0.6) is 5.75 Å². The molecule has 2 aromatic carbocycles. The summed E-state index contributed by atoms with van der Waals surface area (Å²) in [6.07, 6.45) is 1.04. The standard InChI is InChI=1S/C19H23ClN2O4S/c1-14-8-4-7-11-18(14)26-13-15(2)21-19(23)12-22(27(3,24)25)17-10-6-5-9-16(17)20/h4-11,15H,12-13H2,1-3H3,(H,21,23)/t15-/m0/s1. The predicted octanol–water partition coefficient (Wildman–Crippen LogP) is 3.00. The third-order valence-electron chi connectivity index (χ3n) is 3.80. The number of halogens is 1. The predicted molar refractivity (Wildman–Crippen MR) is 108 cm³/mol. The molecule has 0 aliphatic carbocycles. The number of hydrogen-bond donors (Lipinski definition) is 1. The summed E-state index contributed by atoms with van der Waals surface area (Å²) in [5.41, 5.74) is 1.26. The first-order chi connectivity index (χ1) is 12.7. The van der Waals surface area contributed by atoms with Crippen LogP contribution in [0.25, 0.3) is 0 Å². The summed E-state index contributed by atoms with van der Waals surface area (Å²) in [5.74, 6) is 0.300. The smallest absolute Gasteiger partial charge is 0.241 e. The van der Waals surface area contributed by atoms with Gasteiger partial charge in [0.15, 0.2) is 0 Å². The molecule has 1 atom stereocenters. The van der Waals surface area contributed by atoms with E-state index in [9.17, 15) is 13.2 Å². The molecule has 6 nitrogen and oxygen atoms in total. The van der Waals surface area contributed by atoms with E-state index in [0.717, 1.165) is 21.9 Å². The lowest BCUT2D eigenvalue weighted by Gasteiger charge is -2.24. The second kappa shape index (κ2) is 9.10. The van der Waals surface area contributed by atoms with Crippen molar-refractivity contribution >= 4 is 33.2 Å². The minimum absolute atomic E-state index is 0.256. The molecule has 0 aromatic heterocycles. The number of benzene rings is 2. The van der Waals surface area contributed by atoms with Crippen LogP contribution >= 0.6 is 11.6 Å². The Kier molecular flexibility index (Phi) is 7.10. The zero-order valence-corrected chi connectivity index (χ0v) is 17.0. The summed E-state index contributed by atoms with van der Waals surface area (Å²) in [6, 6.07) is 13.8. The molecule has 2 aromatic rings. The van der Waals surface area contributed by atoms with Gasteiger partial charge in [-0.1, -0.05) is 41.9 Å². The number of sulfonamides is 1. The van der Waals surface area contributed by atoms with Gasteiger partial charge < -0.3 is 10.1 Å². The number of para-hydroxylation sites is 2. The van der Waals surface area contributed by atoms with Crippen LogP contribution in [0.4, 0.5) is 5.69 Å². The molecule has 8 heteroatoms. The first kappa shape index (κ1) is 21.1. The number of amides is 1. The number of anilines is 1. The number of rotatable bonds is 8. The molecule has 1 N–H and O–H groups in total. The number of aryl methyl sites for hydroxylation is 1. The Balaban J connectivity index is 1.99. The highest BCUT2D eigenvalue weighted by Crippen LogP contribution is 2.26. The van der Waals surface area contributed by atoms with Crippen molar-refractivity contribution in [3.8, 4) is 5.75 Å². The highest BCUT2D eigenvalue weighted by Gasteiger charge is 2.23. The summed E-state index contributed by atoms with van der Waals surface area (Å²) >= 11 is 6.09. The van der Waals surface area contributed by atoms with Crippen LogP contribution in [0.3, 0.4) is 0 Å². The fourth-order valence-electron chi connectivity index (χ4n) is 2.46. The van der Waals surface area contributed by atoms with E-state index in [4.69, 9.17) is 16.3 Å². The summed E-state index contributed by atoms with van der Waals surface area (Å²) < 4.78 is 30.9. The van der Waals surface area contributed by atoms with Crippen LogP contribution in [-0.2, 0) is 14.8 Å². The Hall–Kier alpha value is -2.25. The maximum Gasteiger partial charge on any atom is 0.241 e. The van der Waals surface area contributed by atoms with Crippen molar-refractivity contribution in [2.45, 2.75) is 19.9 Å². The van der Waals surface area contributed by atoms with Crippen LogP contribution in [-0.4, -0.2) is 39.8 Å². The van der Waals surface area contributed by atoms with Gasteiger partial charge in [0.2, 0.25) is 15.9 Å². The van der Waals surface area contributed by atoms with Crippen LogP contribution in [0.15, 0.2) is 48.5 Å². The molecule has 27 heavy (non-hydrogen) atoms. The topological polar surface area (TPSA) is 75.7 Å². The van der Waals surface area contributed by atoms with Gasteiger partial charge in [-0.25, -0.2) is 8.42 Å². The van der Waals surface area contributed by atoms with Crippen LogP contribution in [0, 0.1) is 6.92 Å². The van der Waals surface area contributed by atoms with E-state index < -0.39 is 15.9 Å². The molecule has 0 unspecified atom stereocenters. The Morgan fingerprint density at radius 2 is 1.81 bits per heavy atom. The Morgan fingerprint density at radius 3 is 2.44 bits per heavy atom. The van der Waals surface area contributed by atoms with Crippen molar-refractivity contribution in [3.63, 3.8) is 0 Å². The second-order valence-electron chi connectivity index (χ2n) is 6.27. The van der Waals surface area contributed by atoms with Gasteiger partial charge in [0.1, 0.15) is 18.9 Å². The summed E-state index contributed by atoms with van der Waals surface area (Å²) in [6.45, 7) is 3.63. The maximum absolute atomic E-state index is 12.4. The minimum Gasteiger partial charge on any atom is -0.491 e. The normalized spacial score (nSPS) is 12.3. The van der Waals surface area contributed by atoms with Gasteiger partial charge in [-0.15, -0.1) is 0 Å². The molecule has 1 amide bonds. The van der Waals surface area contributed by atoms with Crippen LogP contribution in [0.2, 0.25) is 5.02 Å². The molecule has 146 valence electrons. The third-order valence-corrected chi connectivity index (χ3v) is 5.24. The van der Waals surface area contributed by atoms with Gasteiger partial charge >= 0.3 is 0 Å². The van der Waals surface area contributed by atoms with Crippen molar-refractivity contribution in [3.05, 3.63) is 59.1 Å². The Labute approximate surface area is 165 Å². The SMILES string of the molecule is Cc1ccccc1OC[C@H](C)NC(=O)CN(c1ccccc1Cl)S(C)(=O)=O. The molecule has 0 bridgehead atoms. The first-order valence-corrected chi connectivity index (χ1v) is 10.6. The lowest BCUT2D eigenvalue weighted by molar-refractivity contribution is -0.120. The fraction of sp³-hybridized carbons (Fsp3) is 0.316. The molecular weight excluding hydrogens is 388 g/mol. The number of nitrogens with zero attached hydrogens (tertiary/aromatic N) is 1. The summed E-state index contributed by atoms with van der Waals surface area (Å²) in [7, 11) is -3.68. The van der Waals surface area contributed by atoms with Crippen LogP contribution in [0.1, 0.15) is 12.5 Å². The van der Waals surface area contributed by atoms with Crippen molar-refractivity contribution in [1.82, 2.24) is 5.32 Å². The Morgan fingerprint density at radius 1 is 1.19 bits per heavy atom. The van der Waals surface area contributed by atoms with Gasteiger partial charge in [0.25, 0.3) is 0 Å². The largest absolute Gasteiger partial charge is 0.491 e. The molecule has 0 radical (unpaired) electrons. The number of nitrogens with one attached hydrogen (secondary N) is 1. The summed E-state index contributed by atoms with van der Waals surface area (Å²) in [5, 5.41) is 3.00. The molecular formula is C19H23ClN2O4S. The van der Waals surface area contributed by atoms with E-state index in [1.165, 1.54) is 0 Å². The zero-order chi connectivity index (χ0) is 20.0. The van der Waals surface area contributed by atoms with Crippen molar-refractivity contribution in [2.75, 3.05) is 23.7 Å². The molecule has 0 aliphatic heterocycles. The lowest BCUT2D eigenvalue weighted by Crippen LogP contribution is -2.45. The summed E-state index contributed by atoms with van der Waals surface area (Å²) in [4.78, 5) is 12.4. The lowest BCUT2D eigenvalue weighted by atomic mass is 10.2. The Bertz CT molecular complexity index is 902. The fourth-order valence-corrected chi connectivity index (χ4v) is 3.62. The zero-order valence-electron chi connectivity index (χ0n) is 15.5. The molecule has 0 saturated heterocycles. The number of carbonyl (C=O) groups excluding carboxylic acids is 1. The van der Waals surface area contributed by atoms with E-state index in [2.05, 4.69) is 5.32 Å². The average Bonchev–Trinajstić information content (AvgIpc) is 2.59. The molecule has 0 fully saturated rings. The number of hydrogen-bond acceptors (Lipinski definition) is 4. The maximum atomic E-state index is 12.4. The van der Waals surface area contributed by atoms with Crippen molar-refractivity contribution in [2.24, 2.45) is 0 Å². The van der Waals surface area contributed by atoms with Gasteiger partial charge in [0.05, 0.1) is 23.0 Å². The molecule has 0 heterocycles.